The number of phenolic OH excluding ortho intramolecular Hbond substituents is 2. The number of ether oxygens (including phenoxy) is 2. The maximum Gasteiger partial charge on any atom is 0.134 e. The third kappa shape index (κ3) is 21.1. The van der Waals surface area contributed by atoms with E-state index >= 15 is 0 Å². The van der Waals surface area contributed by atoms with Crippen molar-refractivity contribution < 1.29 is 24.5 Å². The highest BCUT2D eigenvalue weighted by atomic mass is 16.6. The second-order valence-electron chi connectivity index (χ2n) is 8.10. The summed E-state index contributed by atoms with van der Waals surface area (Å²) in [7, 11) is 3.25. The monoisotopic (exact) mass is 531 g/mol. The summed E-state index contributed by atoms with van der Waals surface area (Å²) in [4.78, 5) is 5.53. The summed E-state index contributed by atoms with van der Waals surface area (Å²) in [6, 6.07) is 2.97. The molecule has 0 aliphatic rings. The average Bonchev–Trinajstić information content (AvgIpc) is 2.88. The zero-order chi connectivity index (χ0) is 29.8. The molecule has 6 nitrogen and oxygen atoms in total. The van der Waals surface area contributed by atoms with Crippen LogP contribution in [-0.2, 0) is 27.3 Å². The van der Waals surface area contributed by atoms with Crippen molar-refractivity contribution in [2.75, 3.05) is 20.8 Å². The standard InChI is InChI=1S/C25H35NO4.C3H6.C2H6O.C2H6/c1-6-10-13-22(26-30-17-20(9-4)12-8-3)14-21-15-23(27)16-25(28)24(21)18-29-19(5)11-7-2;2*1-3-2;1-2/h4,7-8,12,15-16,19-20,27-28H,2,6,10-11,13-14,17-18H2,1,3,5H3;3H,1H2,2H3;1-2H3;1-2H3/b12-8-,26-22+;;;. The van der Waals surface area contributed by atoms with E-state index in [1.54, 1.807) is 32.4 Å². The van der Waals surface area contributed by atoms with Gasteiger partial charge in [-0.05, 0) is 51.7 Å². The number of aromatic hydroxyl groups is 2. The number of phenols is 2. The van der Waals surface area contributed by atoms with E-state index in [2.05, 4.69) is 35.9 Å². The van der Waals surface area contributed by atoms with Crippen LogP contribution in [-0.4, -0.2) is 42.9 Å². The van der Waals surface area contributed by atoms with Crippen LogP contribution in [0.3, 0.4) is 0 Å². The van der Waals surface area contributed by atoms with Crippen LogP contribution < -0.4 is 0 Å². The van der Waals surface area contributed by atoms with Crippen LogP contribution in [0.1, 0.15) is 78.4 Å². The number of methoxy groups -OCH3 is 1. The molecule has 0 bridgehead atoms. The number of hydrogen-bond acceptors (Lipinski definition) is 6. The number of oxime groups is 1. The topological polar surface area (TPSA) is 80.5 Å². The summed E-state index contributed by atoms with van der Waals surface area (Å²) in [5.41, 5.74) is 2.24. The van der Waals surface area contributed by atoms with E-state index < -0.39 is 0 Å². The predicted octanol–water partition coefficient (Wildman–Crippen LogP) is 7.99. The molecule has 0 amide bonds. The number of benzene rings is 1. The molecule has 1 aromatic carbocycles. The third-order valence-corrected chi connectivity index (χ3v) is 4.61. The maximum atomic E-state index is 10.4. The molecule has 0 saturated carbocycles. The largest absolute Gasteiger partial charge is 0.508 e. The summed E-state index contributed by atoms with van der Waals surface area (Å²) in [6.07, 6.45) is 16.7. The smallest absolute Gasteiger partial charge is 0.134 e. The van der Waals surface area contributed by atoms with Crippen molar-refractivity contribution in [2.45, 2.75) is 86.4 Å². The summed E-state index contributed by atoms with van der Waals surface area (Å²) in [6.45, 7) is 19.5. The van der Waals surface area contributed by atoms with Crippen LogP contribution in [0, 0.1) is 18.3 Å². The third-order valence-electron chi connectivity index (χ3n) is 4.61. The van der Waals surface area contributed by atoms with Crippen LogP contribution in [0.4, 0.5) is 0 Å². The lowest BCUT2D eigenvalue weighted by Crippen LogP contribution is -2.11. The van der Waals surface area contributed by atoms with Gasteiger partial charge in [-0.15, -0.1) is 19.6 Å². The Bertz CT molecular complexity index is 824. The van der Waals surface area contributed by atoms with Crippen LogP contribution in [0.15, 0.2) is 54.8 Å². The molecule has 1 aromatic rings. The quantitative estimate of drug-likeness (QED) is 0.110. The molecule has 0 aliphatic heterocycles. The Kier molecular flexibility index (Phi) is 29.7. The number of allylic oxidation sites excluding steroid dienone is 2. The lowest BCUT2D eigenvalue weighted by atomic mass is 9.98. The molecule has 0 heterocycles. The zero-order valence-corrected chi connectivity index (χ0v) is 25.1. The fourth-order valence-corrected chi connectivity index (χ4v) is 2.92. The van der Waals surface area contributed by atoms with Gasteiger partial charge in [-0.2, -0.15) is 0 Å². The number of rotatable bonds is 14. The summed E-state index contributed by atoms with van der Waals surface area (Å²) < 4.78 is 10.1. The molecule has 1 rings (SSSR count). The minimum atomic E-state index is -0.133. The van der Waals surface area contributed by atoms with Crippen molar-refractivity contribution >= 4 is 5.71 Å². The highest BCUT2D eigenvalue weighted by Gasteiger charge is 2.15. The zero-order valence-electron chi connectivity index (χ0n) is 25.1. The minimum absolute atomic E-state index is 0.00151. The van der Waals surface area contributed by atoms with Gasteiger partial charge in [0.05, 0.1) is 24.3 Å². The lowest BCUT2D eigenvalue weighted by molar-refractivity contribution is 0.0538. The van der Waals surface area contributed by atoms with Crippen molar-refractivity contribution in [1.82, 2.24) is 0 Å². The van der Waals surface area contributed by atoms with E-state index in [9.17, 15) is 10.2 Å². The van der Waals surface area contributed by atoms with Gasteiger partial charge in [0.1, 0.15) is 18.1 Å². The van der Waals surface area contributed by atoms with E-state index in [1.807, 2.05) is 46.8 Å². The van der Waals surface area contributed by atoms with E-state index in [1.165, 1.54) is 6.07 Å². The molecule has 0 spiro atoms. The molecule has 0 radical (unpaired) electrons. The Morgan fingerprint density at radius 3 is 2.29 bits per heavy atom. The first kappa shape index (κ1) is 39.5. The van der Waals surface area contributed by atoms with Crippen molar-refractivity contribution in [3.8, 4) is 23.8 Å². The molecule has 6 heteroatoms. The van der Waals surface area contributed by atoms with Crippen LogP contribution >= 0.6 is 0 Å². The first-order chi connectivity index (χ1) is 18.3. The minimum Gasteiger partial charge on any atom is -0.508 e. The van der Waals surface area contributed by atoms with Crippen molar-refractivity contribution in [1.29, 1.82) is 0 Å². The molecule has 0 saturated heterocycles. The maximum absolute atomic E-state index is 10.4. The summed E-state index contributed by atoms with van der Waals surface area (Å²) in [5, 5.41) is 24.7. The molecule has 2 atom stereocenters. The summed E-state index contributed by atoms with van der Waals surface area (Å²) in [5.74, 6) is 2.54. The Morgan fingerprint density at radius 1 is 1.18 bits per heavy atom. The van der Waals surface area contributed by atoms with Gasteiger partial charge >= 0.3 is 0 Å². The Hall–Kier alpha value is -3.01. The highest BCUT2D eigenvalue weighted by Crippen LogP contribution is 2.29. The van der Waals surface area contributed by atoms with E-state index in [-0.39, 0.29) is 30.1 Å². The molecule has 2 N–H and O–H groups in total. The van der Waals surface area contributed by atoms with Crippen molar-refractivity contribution in [2.24, 2.45) is 11.1 Å². The van der Waals surface area contributed by atoms with E-state index in [0.717, 1.165) is 30.5 Å². The molecule has 216 valence electrons. The first-order valence-corrected chi connectivity index (χ1v) is 13.3. The first-order valence-electron chi connectivity index (χ1n) is 13.3. The van der Waals surface area contributed by atoms with Gasteiger partial charge in [-0.3, -0.25) is 0 Å². The average molecular weight is 532 g/mol. The fraction of sp³-hybridized carbons (Fsp3) is 0.531. The van der Waals surface area contributed by atoms with Gasteiger partial charge in [0.15, 0.2) is 0 Å². The van der Waals surface area contributed by atoms with Gasteiger partial charge in [-0.25, -0.2) is 0 Å². The van der Waals surface area contributed by atoms with Gasteiger partial charge in [0.2, 0.25) is 0 Å². The van der Waals surface area contributed by atoms with Crippen molar-refractivity contribution in [3.63, 3.8) is 0 Å². The number of unbranched alkanes of at least 4 members (excludes halogenated alkanes) is 1. The molecule has 0 aromatic heterocycles. The van der Waals surface area contributed by atoms with E-state index in [4.69, 9.17) is 16.0 Å². The Labute approximate surface area is 233 Å². The highest BCUT2D eigenvalue weighted by molar-refractivity contribution is 5.86. The van der Waals surface area contributed by atoms with Crippen LogP contribution in [0.25, 0.3) is 0 Å². The van der Waals surface area contributed by atoms with Gasteiger partial charge in [0.25, 0.3) is 0 Å². The van der Waals surface area contributed by atoms with Gasteiger partial charge in [-0.1, -0.05) is 62.6 Å². The predicted molar refractivity (Wildman–Crippen MR) is 163 cm³/mol. The van der Waals surface area contributed by atoms with E-state index in [0.29, 0.717) is 25.0 Å². The molecular weight excluding hydrogens is 478 g/mol. The fourth-order valence-electron chi connectivity index (χ4n) is 2.92. The van der Waals surface area contributed by atoms with Crippen molar-refractivity contribution in [3.05, 3.63) is 60.7 Å². The molecule has 0 aliphatic carbocycles. The second kappa shape index (κ2) is 28.6. The molecule has 38 heavy (non-hydrogen) atoms. The molecule has 0 fully saturated rings. The van der Waals surface area contributed by atoms with Gasteiger partial charge in [0, 0.05) is 32.3 Å². The molecule has 2 unspecified atom stereocenters. The molecular formula is C32H53NO5. The number of terminal acetylenes is 1. The van der Waals surface area contributed by atoms with Crippen LogP contribution in [0.2, 0.25) is 0 Å². The Balaban J connectivity index is -0.00000136. The second-order valence-corrected chi connectivity index (χ2v) is 8.10. The van der Waals surface area contributed by atoms with Crippen LogP contribution in [0.5, 0.6) is 11.5 Å². The summed E-state index contributed by atoms with van der Waals surface area (Å²) >= 11 is 0. The SMILES string of the molecule is C#CC(/C=C\C)CO/N=C(\CCCC)Cc1cc(O)cc(O)c1COC(C)CC=C.C=CC.CC.COC. The normalized spacial score (nSPS) is 11.8. The number of hydrogen-bond donors (Lipinski definition) is 2. The Morgan fingerprint density at radius 2 is 1.79 bits per heavy atom. The lowest BCUT2D eigenvalue weighted by Gasteiger charge is -2.16. The number of nitrogens with zero attached hydrogens (tertiary/aromatic N) is 1. The van der Waals surface area contributed by atoms with Gasteiger partial charge < -0.3 is 24.5 Å².